The summed E-state index contributed by atoms with van der Waals surface area (Å²) in [6.07, 6.45) is -3.24. The average Bonchev–Trinajstić information content (AvgIpc) is 2.80. The number of nitrogens with zero attached hydrogens (tertiary/aromatic N) is 4. The van der Waals surface area contributed by atoms with Gasteiger partial charge in [-0.25, -0.2) is 15.0 Å². The van der Waals surface area contributed by atoms with Gasteiger partial charge in [0.2, 0.25) is 5.82 Å². The molecule has 23 heavy (non-hydrogen) atoms. The maximum absolute atomic E-state index is 12.9. The lowest BCUT2D eigenvalue weighted by Crippen LogP contribution is -2.12. The largest absolute Gasteiger partial charge is 0.451 e. The van der Waals surface area contributed by atoms with Crippen LogP contribution in [0.4, 0.5) is 13.2 Å². The molecule has 3 aromatic rings. The maximum Gasteiger partial charge on any atom is 0.451 e. The summed E-state index contributed by atoms with van der Waals surface area (Å²) >= 11 is 5.81. The van der Waals surface area contributed by atoms with Gasteiger partial charge in [0.15, 0.2) is 10.8 Å². The molecule has 0 unspecified atom stereocenters. The molecule has 4 nitrogen and oxygen atoms in total. The van der Waals surface area contributed by atoms with Crippen LogP contribution in [0.1, 0.15) is 22.5 Å². The van der Waals surface area contributed by atoms with E-state index in [4.69, 9.17) is 11.6 Å². The van der Waals surface area contributed by atoms with Crippen LogP contribution in [0, 0.1) is 13.8 Å². The highest BCUT2D eigenvalue weighted by Crippen LogP contribution is 2.29. The van der Waals surface area contributed by atoms with Crippen molar-refractivity contribution in [1.29, 1.82) is 0 Å². The Morgan fingerprint density at radius 3 is 2.35 bits per heavy atom. The summed E-state index contributed by atoms with van der Waals surface area (Å²) in [5.41, 5.74) is 3.33. The summed E-state index contributed by atoms with van der Waals surface area (Å²) in [6.45, 7) is 4.27. The zero-order chi connectivity index (χ0) is 16.8. The molecule has 0 aliphatic heterocycles. The monoisotopic (exact) mass is 340 g/mol. The molecule has 0 N–H and O–H groups in total. The van der Waals surface area contributed by atoms with E-state index in [0.717, 1.165) is 16.7 Å². The fourth-order valence-electron chi connectivity index (χ4n) is 2.51. The topological polar surface area (TPSA) is 43.6 Å². The highest BCUT2D eigenvalue weighted by atomic mass is 35.5. The Balaban J connectivity index is 2.09. The van der Waals surface area contributed by atoms with Crippen molar-refractivity contribution < 1.29 is 13.2 Å². The van der Waals surface area contributed by atoms with Crippen molar-refractivity contribution in [3.63, 3.8) is 0 Å². The van der Waals surface area contributed by atoms with E-state index < -0.39 is 12.0 Å². The van der Waals surface area contributed by atoms with Crippen LogP contribution in [-0.2, 0) is 12.7 Å². The minimum atomic E-state index is -4.66. The molecule has 0 saturated heterocycles. The highest BCUT2D eigenvalue weighted by molar-refractivity contribution is 6.33. The molecule has 0 saturated carbocycles. The number of imidazole rings is 1. The van der Waals surface area contributed by atoms with E-state index in [9.17, 15) is 13.2 Å². The molecule has 3 rings (SSSR count). The third-order valence-electron chi connectivity index (χ3n) is 3.31. The number of hydrogen-bond acceptors (Lipinski definition) is 3. The molecule has 0 bridgehead atoms. The first-order chi connectivity index (χ1) is 10.7. The van der Waals surface area contributed by atoms with E-state index in [0.29, 0.717) is 6.54 Å². The second kappa shape index (κ2) is 5.49. The van der Waals surface area contributed by atoms with Crippen LogP contribution >= 0.6 is 11.6 Å². The van der Waals surface area contributed by atoms with Crippen LogP contribution in [0.2, 0.25) is 5.15 Å². The summed E-state index contributed by atoms with van der Waals surface area (Å²) in [7, 11) is 0. The fraction of sp³-hybridized carbons (Fsp3) is 0.267. The highest BCUT2D eigenvalue weighted by Gasteiger charge is 2.36. The van der Waals surface area contributed by atoms with Crippen LogP contribution in [0.3, 0.4) is 0 Å². The minimum Gasteiger partial charge on any atom is -0.311 e. The van der Waals surface area contributed by atoms with Crippen molar-refractivity contribution in [2.24, 2.45) is 0 Å². The molecular formula is C15H12ClF3N4. The van der Waals surface area contributed by atoms with Gasteiger partial charge < -0.3 is 4.57 Å². The lowest BCUT2D eigenvalue weighted by Gasteiger charge is -2.09. The van der Waals surface area contributed by atoms with Crippen LogP contribution < -0.4 is 0 Å². The third kappa shape index (κ3) is 3.14. The molecule has 0 fully saturated rings. The molecule has 120 valence electrons. The standard InChI is InChI=1S/C15H12ClF3N4/c1-8-3-9(2)5-10(4-8)6-23-7-20-11-12(16)21-14(15(17,18)19)22-13(11)23/h3-5,7H,6H2,1-2H3. The molecule has 8 heteroatoms. The van der Waals surface area contributed by atoms with Gasteiger partial charge in [0, 0.05) is 0 Å². The van der Waals surface area contributed by atoms with Crippen molar-refractivity contribution in [2.75, 3.05) is 0 Å². The van der Waals surface area contributed by atoms with Crippen molar-refractivity contribution in [3.05, 3.63) is 52.2 Å². The summed E-state index contributed by atoms with van der Waals surface area (Å²) in [6, 6.07) is 5.95. The Morgan fingerprint density at radius 1 is 1.09 bits per heavy atom. The van der Waals surface area contributed by atoms with Crippen LogP contribution in [0.5, 0.6) is 0 Å². The number of benzene rings is 1. The Hall–Kier alpha value is -2.15. The van der Waals surface area contributed by atoms with Gasteiger partial charge in [-0.05, 0) is 19.4 Å². The number of alkyl halides is 3. The van der Waals surface area contributed by atoms with E-state index >= 15 is 0 Å². The molecule has 2 heterocycles. The number of fused-ring (bicyclic) bond motifs is 1. The smallest absolute Gasteiger partial charge is 0.311 e. The van der Waals surface area contributed by atoms with Gasteiger partial charge in [0.05, 0.1) is 12.9 Å². The average molecular weight is 341 g/mol. The SMILES string of the molecule is Cc1cc(C)cc(Cn2cnc3c(Cl)nc(C(F)(F)F)nc32)c1. The second-order valence-electron chi connectivity index (χ2n) is 5.38. The quantitative estimate of drug-likeness (QED) is 0.658. The van der Waals surface area contributed by atoms with E-state index in [1.54, 1.807) is 0 Å². The number of halogens is 4. The molecule has 0 radical (unpaired) electrons. The predicted octanol–water partition coefficient (Wildman–Crippen LogP) is 4.16. The zero-order valence-electron chi connectivity index (χ0n) is 12.3. The first-order valence-corrected chi connectivity index (χ1v) is 7.14. The Morgan fingerprint density at radius 2 is 1.74 bits per heavy atom. The molecule has 2 aromatic heterocycles. The molecular weight excluding hydrogens is 329 g/mol. The van der Waals surface area contributed by atoms with Gasteiger partial charge in [-0.3, -0.25) is 0 Å². The zero-order valence-corrected chi connectivity index (χ0v) is 13.1. The van der Waals surface area contributed by atoms with E-state index in [2.05, 4.69) is 15.0 Å². The van der Waals surface area contributed by atoms with Gasteiger partial charge in [-0.2, -0.15) is 13.2 Å². The van der Waals surface area contributed by atoms with Crippen molar-refractivity contribution in [1.82, 2.24) is 19.5 Å². The van der Waals surface area contributed by atoms with Gasteiger partial charge >= 0.3 is 6.18 Å². The van der Waals surface area contributed by atoms with E-state index in [-0.39, 0.29) is 16.3 Å². The van der Waals surface area contributed by atoms with E-state index in [1.807, 2.05) is 32.0 Å². The molecule has 0 atom stereocenters. The van der Waals surface area contributed by atoms with Gasteiger partial charge in [-0.1, -0.05) is 40.9 Å². The summed E-state index contributed by atoms with van der Waals surface area (Å²) in [5, 5.41) is -0.304. The second-order valence-corrected chi connectivity index (χ2v) is 5.73. The summed E-state index contributed by atoms with van der Waals surface area (Å²) in [4.78, 5) is 10.9. The Labute approximate surface area is 135 Å². The number of hydrogen-bond donors (Lipinski definition) is 0. The lowest BCUT2D eigenvalue weighted by molar-refractivity contribution is -0.144. The van der Waals surface area contributed by atoms with Crippen molar-refractivity contribution in [3.8, 4) is 0 Å². The number of rotatable bonds is 2. The Bertz CT molecular complexity index is 866. The number of aromatic nitrogens is 4. The van der Waals surface area contributed by atoms with E-state index in [1.165, 1.54) is 10.9 Å². The van der Waals surface area contributed by atoms with Gasteiger partial charge in [-0.15, -0.1) is 0 Å². The fourth-order valence-corrected chi connectivity index (χ4v) is 2.72. The summed E-state index contributed by atoms with van der Waals surface area (Å²) in [5.74, 6) is -1.27. The van der Waals surface area contributed by atoms with Crippen LogP contribution in [0.25, 0.3) is 11.2 Å². The maximum atomic E-state index is 12.9. The van der Waals surface area contributed by atoms with Crippen molar-refractivity contribution >= 4 is 22.8 Å². The van der Waals surface area contributed by atoms with Gasteiger partial charge in [0.1, 0.15) is 5.52 Å². The van der Waals surface area contributed by atoms with Crippen molar-refractivity contribution in [2.45, 2.75) is 26.6 Å². The van der Waals surface area contributed by atoms with Crippen LogP contribution in [-0.4, -0.2) is 19.5 Å². The Kier molecular flexibility index (Phi) is 3.75. The predicted molar refractivity (Wildman–Crippen MR) is 80.4 cm³/mol. The normalized spacial score (nSPS) is 12.1. The lowest BCUT2D eigenvalue weighted by atomic mass is 10.1. The molecule has 0 spiro atoms. The first kappa shape index (κ1) is 15.7. The molecule has 0 amide bonds. The third-order valence-corrected chi connectivity index (χ3v) is 3.57. The molecule has 1 aromatic carbocycles. The summed E-state index contributed by atoms with van der Waals surface area (Å²) < 4.78 is 40.1. The van der Waals surface area contributed by atoms with Crippen LogP contribution in [0.15, 0.2) is 24.5 Å². The first-order valence-electron chi connectivity index (χ1n) is 6.77. The molecule has 0 aliphatic rings. The van der Waals surface area contributed by atoms with Gasteiger partial charge in [0.25, 0.3) is 0 Å². The minimum absolute atomic E-state index is 0.0662. The number of aryl methyl sites for hydroxylation is 2. The molecule has 0 aliphatic carbocycles.